The number of halogens is 6. The third-order valence-corrected chi connectivity index (χ3v) is 5.86. The van der Waals surface area contributed by atoms with Gasteiger partial charge in [-0.15, -0.1) is 13.2 Å². The van der Waals surface area contributed by atoms with E-state index >= 15 is 0 Å². The minimum Gasteiger partial charge on any atom is -0.405 e. The van der Waals surface area contributed by atoms with Gasteiger partial charge in [0.25, 0.3) is 0 Å². The Morgan fingerprint density at radius 1 is 0.905 bits per heavy atom. The molecule has 0 saturated heterocycles. The molecule has 232 valence electrons. The Balaban J connectivity index is 2.24. The highest BCUT2D eigenvalue weighted by molar-refractivity contribution is 5.98. The first-order valence-electron chi connectivity index (χ1n) is 12.7. The van der Waals surface area contributed by atoms with Crippen LogP contribution in [0.1, 0.15) is 24.0 Å². The average Bonchev–Trinajstić information content (AvgIpc) is 2.90. The predicted molar refractivity (Wildman–Crippen MR) is 141 cm³/mol. The number of hydrogen-bond donors (Lipinski definition) is 5. The number of ether oxygens (including phenoxy) is 1. The molecule has 0 aliphatic rings. The molecule has 16 heteroatoms. The normalized spacial score (nSPS) is 13.2. The summed E-state index contributed by atoms with van der Waals surface area (Å²) in [6.45, 7) is 0.654. The second-order valence-electron chi connectivity index (χ2n) is 9.10. The number of carbonyl (C=O) groups excluding carboxylic acids is 3. The second kappa shape index (κ2) is 15.4. The molecule has 0 unspecified atom stereocenters. The van der Waals surface area contributed by atoms with Gasteiger partial charge < -0.3 is 37.5 Å². The third kappa shape index (κ3) is 11.2. The summed E-state index contributed by atoms with van der Waals surface area (Å²) in [5.41, 5.74) is 15.4. The number of benzene rings is 2. The van der Waals surface area contributed by atoms with Gasteiger partial charge in [0.2, 0.25) is 17.7 Å². The van der Waals surface area contributed by atoms with Crippen molar-refractivity contribution < 1.29 is 45.5 Å². The van der Waals surface area contributed by atoms with Crippen molar-refractivity contribution in [1.29, 1.82) is 0 Å². The summed E-state index contributed by atoms with van der Waals surface area (Å²) in [5, 5.41) is 4.59. The van der Waals surface area contributed by atoms with E-state index in [9.17, 15) is 40.7 Å². The molecule has 0 fully saturated rings. The Kier molecular flexibility index (Phi) is 12.6. The first kappa shape index (κ1) is 34.3. The maximum Gasteiger partial charge on any atom is 0.573 e. The fourth-order valence-corrected chi connectivity index (χ4v) is 3.86. The van der Waals surface area contributed by atoms with E-state index < -0.39 is 65.8 Å². The molecule has 2 atom stereocenters. The van der Waals surface area contributed by atoms with Crippen LogP contribution in [0.2, 0.25) is 0 Å². The lowest BCUT2D eigenvalue weighted by molar-refractivity contribution is -0.276. The van der Waals surface area contributed by atoms with Crippen molar-refractivity contribution in [3.05, 3.63) is 59.7 Å². The molecular weight excluding hydrogens is 574 g/mol. The Morgan fingerprint density at radius 3 is 2.07 bits per heavy atom. The highest BCUT2D eigenvalue weighted by atomic mass is 19.4. The van der Waals surface area contributed by atoms with Gasteiger partial charge >= 0.3 is 12.5 Å². The smallest absolute Gasteiger partial charge is 0.405 e. The third-order valence-electron chi connectivity index (χ3n) is 5.86. The van der Waals surface area contributed by atoms with Gasteiger partial charge in [0.1, 0.15) is 11.8 Å². The molecule has 0 bridgehead atoms. The lowest BCUT2D eigenvalue weighted by Gasteiger charge is -2.24. The van der Waals surface area contributed by atoms with E-state index in [1.54, 1.807) is 30.3 Å². The highest BCUT2D eigenvalue weighted by Crippen LogP contribution is 2.39. The van der Waals surface area contributed by atoms with Gasteiger partial charge in [-0.25, -0.2) is 0 Å². The monoisotopic (exact) mass is 606 g/mol. The fraction of sp³-hybridized carbons (Fsp3) is 0.423. The molecule has 2 aromatic carbocycles. The Morgan fingerprint density at radius 2 is 1.52 bits per heavy atom. The Labute approximate surface area is 237 Å². The van der Waals surface area contributed by atoms with Crippen LogP contribution in [0.5, 0.6) is 5.75 Å². The fourth-order valence-electron chi connectivity index (χ4n) is 3.86. The topological polar surface area (TPSA) is 166 Å². The van der Waals surface area contributed by atoms with Crippen LogP contribution >= 0.6 is 0 Å². The van der Waals surface area contributed by atoms with Crippen molar-refractivity contribution in [2.45, 2.75) is 43.9 Å². The standard InChI is InChI=1S/C26H32F6N6O4/c27-25(28,29)18-14-17(7-9-21(18)42-26(30,31)32)36-24(41)20(8-6-16-4-2-1-3-5-16)37-23(40)19(35)15-22(39)38(12-10-33)13-11-34/h1-5,7,9,14,19-20H,6,8,10-13,15,33-35H2,(H,36,41)(H,37,40)/t19-,20-/m0/s1. The Hall–Kier alpha value is -3.89. The van der Waals surface area contributed by atoms with Crippen LogP contribution in [0.3, 0.4) is 0 Å². The van der Waals surface area contributed by atoms with E-state index in [4.69, 9.17) is 17.2 Å². The SMILES string of the molecule is NCCN(CCN)C(=O)C[C@H](N)C(=O)N[C@@H](CCc1ccccc1)C(=O)Nc1ccc(OC(F)(F)F)c(C(F)(F)F)c1. The van der Waals surface area contributed by atoms with Crippen LogP contribution in [0.25, 0.3) is 0 Å². The van der Waals surface area contributed by atoms with Crippen LogP contribution in [0.4, 0.5) is 32.0 Å². The summed E-state index contributed by atoms with van der Waals surface area (Å²) in [4.78, 5) is 39.8. The van der Waals surface area contributed by atoms with Crippen LogP contribution in [0.15, 0.2) is 48.5 Å². The first-order chi connectivity index (χ1) is 19.6. The summed E-state index contributed by atoms with van der Waals surface area (Å²) in [6.07, 6.45) is -10.8. The van der Waals surface area contributed by atoms with E-state index in [1.165, 1.54) is 4.90 Å². The molecular formula is C26H32F6N6O4. The number of nitrogens with two attached hydrogens (primary N) is 3. The molecule has 0 spiro atoms. The van der Waals surface area contributed by atoms with Crippen molar-refractivity contribution in [3.8, 4) is 5.75 Å². The zero-order chi connectivity index (χ0) is 31.5. The zero-order valence-corrected chi connectivity index (χ0v) is 22.3. The molecule has 0 aromatic heterocycles. The number of nitrogens with one attached hydrogen (secondary N) is 2. The van der Waals surface area contributed by atoms with E-state index in [0.29, 0.717) is 6.07 Å². The maximum atomic E-state index is 13.5. The highest BCUT2D eigenvalue weighted by Gasteiger charge is 2.40. The summed E-state index contributed by atoms with van der Waals surface area (Å²) in [5.74, 6) is -3.86. The zero-order valence-electron chi connectivity index (χ0n) is 22.3. The van der Waals surface area contributed by atoms with Crippen molar-refractivity contribution in [3.63, 3.8) is 0 Å². The second-order valence-corrected chi connectivity index (χ2v) is 9.10. The number of amides is 3. The van der Waals surface area contributed by atoms with Crippen molar-refractivity contribution >= 4 is 23.4 Å². The van der Waals surface area contributed by atoms with Gasteiger partial charge in [-0.3, -0.25) is 14.4 Å². The minimum absolute atomic E-state index is 0.0316. The molecule has 42 heavy (non-hydrogen) atoms. The van der Waals surface area contributed by atoms with Gasteiger partial charge in [-0.2, -0.15) is 13.2 Å². The van der Waals surface area contributed by atoms with Crippen molar-refractivity contribution in [2.24, 2.45) is 17.2 Å². The molecule has 10 nitrogen and oxygen atoms in total. The van der Waals surface area contributed by atoms with E-state index in [2.05, 4.69) is 15.4 Å². The largest absolute Gasteiger partial charge is 0.573 e. The minimum atomic E-state index is -5.39. The molecule has 2 rings (SSSR count). The van der Waals surface area contributed by atoms with Crippen LogP contribution < -0.4 is 32.6 Å². The van der Waals surface area contributed by atoms with Gasteiger partial charge in [-0.05, 0) is 36.6 Å². The Bertz CT molecular complexity index is 1190. The van der Waals surface area contributed by atoms with Gasteiger partial charge in [0, 0.05) is 31.9 Å². The molecule has 0 aliphatic heterocycles. The number of aryl methyl sites for hydroxylation is 1. The van der Waals surface area contributed by atoms with Crippen LogP contribution in [0, 0.1) is 0 Å². The molecule has 0 aliphatic carbocycles. The first-order valence-corrected chi connectivity index (χ1v) is 12.7. The van der Waals surface area contributed by atoms with Gasteiger partial charge in [0.15, 0.2) is 0 Å². The van der Waals surface area contributed by atoms with Gasteiger partial charge in [0.05, 0.1) is 18.0 Å². The molecule has 0 heterocycles. The molecule has 0 saturated carbocycles. The lowest BCUT2D eigenvalue weighted by Crippen LogP contribution is -2.52. The summed E-state index contributed by atoms with van der Waals surface area (Å²) in [6, 6.07) is 7.49. The number of rotatable bonds is 14. The maximum absolute atomic E-state index is 13.5. The van der Waals surface area contributed by atoms with E-state index in [-0.39, 0.29) is 45.1 Å². The van der Waals surface area contributed by atoms with Crippen LogP contribution in [-0.4, -0.2) is 67.2 Å². The number of hydrogen-bond acceptors (Lipinski definition) is 7. The summed E-state index contributed by atoms with van der Waals surface area (Å²) >= 11 is 0. The number of nitrogens with zero attached hydrogens (tertiary/aromatic N) is 1. The lowest BCUT2D eigenvalue weighted by atomic mass is 10.0. The average molecular weight is 607 g/mol. The van der Waals surface area contributed by atoms with Crippen molar-refractivity contribution in [1.82, 2.24) is 10.2 Å². The summed E-state index contributed by atoms with van der Waals surface area (Å²) < 4.78 is 81.6. The summed E-state index contributed by atoms with van der Waals surface area (Å²) in [7, 11) is 0. The number of carbonyl (C=O) groups is 3. The van der Waals surface area contributed by atoms with Gasteiger partial charge in [-0.1, -0.05) is 30.3 Å². The van der Waals surface area contributed by atoms with Crippen LogP contribution in [-0.2, 0) is 27.0 Å². The molecule has 0 radical (unpaired) electrons. The molecule has 8 N–H and O–H groups in total. The predicted octanol–water partition coefficient (Wildman–Crippen LogP) is 2.12. The number of alkyl halides is 6. The molecule has 2 aromatic rings. The van der Waals surface area contributed by atoms with Crippen molar-refractivity contribution in [2.75, 3.05) is 31.5 Å². The quantitative estimate of drug-likeness (QED) is 0.206. The number of anilines is 1. The van der Waals surface area contributed by atoms with E-state index in [0.717, 1.165) is 11.6 Å². The van der Waals surface area contributed by atoms with E-state index in [1.807, 2.05) is 0 Å². The molecule has 3 amide bonds.